The number of hydrogen-bond donors (Lipinski definition) is 0. The molecule has 0 aromatic carbocycles. The van der Waals surface area contributed by atoms with Crippen molar-refractivity contribution in [1.82, 2.24) is 0 Å². The Labute approximate surface area is 72.6 Å². The topological polar surface area (TPSA) is 37.1 Å². The zero-order valence-electron chi connectivity index (χ0n) is 7.70. The summed E-state index contributed by atoms with van der Waals surface area (Å²) in [5, 5.41) is 0. The molecule has 1 aliphatic rings. The fraction of sp³-hybridized carbons (Fsp3) is 0.444. The Balaban J connectivity index is 3.03. The van der Waals surface area contributed by atoms with E-state index in [-0.39, 0.29) is 0 Å². The zero-order chi connectivity index (χ0) is 8.97. The number of aliphatic imine (C=N–C) groups is 3. The van der Waals surface area contributed by atoms with Gasteiger partial charge in [-0.15, -0.1) is 0 Å². The van der Waals surface area contributed by atoms with Crippen molar-refractivity contribution in [3.05, 3.63) is 11.8 Å². The van der Waals surface area contributed by atoms with Crippen LogP contribution in [0.2, 0.25) is 0 Å². The van der Waals surface area contributed by atoms with Crippen LogP contribution in [0.5, 0.6) is 0 Å². The predicted octanol–water partition coefficient (Wildman–Crippen LogP) is 1.85. The number of rotatable bonds is 1. The third-order valence-electron chi connectivity index (χ3n) is 1.62. The van der Waals surface area contributed by atoms with Crippen LogP contribution in [0.15, 0.2) is 26.8 Å². The van der Waals surface area contributed by atoms with Crippen LogP contribution in [-0.2, 0) is 0 Å². The molecule has 1 rings (SSSR count). The minimum Gasteiger partial charge on any atom is -0.281 e. The van der Waals surface area contributed by atoms with Crippen LogP contribution in [-0.4, -0.2) is 24.3 Å². The molecule has 0 aliphatic carbocycles. The van der Waals surface area contributed by atoms with E-state index in [0.717, 1.165) is 23.7 Å². The van der Waals surface area contributed by atoms with Crippen LogP contribution in [0.1, 0.15) is 20.8 Å². The molecule has 3 heteroatoms. The Morgan fingerprint density at radius 2 is 2.33 bits per heavy atom. The van der Waals surface area contributed by atoms with Gasteiger partial charge in [-0.25, -0.2) is 9.98 Å². The van der Waals surface area contributed by atoms with Crippen molar-refractivity contribution in [2.75, 3.05) is 6.54 Å². The second kappa shape index (κ2) is 3.95. The van der Waals surface area contributed by atoms with E-state index < -0.39 is 0 Å². The van der Waals surface area contributed by atoms with Gasteiger partial charge in [0.25, 0.3) is 0 Å². The van der Waals surface area contributed by atoms with Crippen LogP contribution in [0.25, 0.3) is 0 Å². The summed E-state index contributed by atoms with van der Waals surface area (Å²) in [5.41, 5.74) is 2.78. The lowest BCUT2D eigenvalue weighted by molar-refractivity contribution is 1.13. The molecule has 1 heterocycles. The first-order valence-electron chi connectivity index (χ1n) is 4.08. The standard InChI is InChI=1S/C9H13N3/c1-4-8-9(10-5-2)7(3)11-6-12-8/h4,6H,5H2,1-3H3/b8-4+,10-9?. The van der Waals surface area contributed by atoms with Crippen molar-refractivity contribution in [3.63, 3.8) is 0 Å². The SMILES string of the molecule is C/C=C1/N=CN=C(C)C1=NCC. The van der Waals surface area contributed by atoms with Gasteiger partial charge in [0.2, 0.25) is 0 Å². The van der Waals surface area contributed by atoms with E-state index in [0.29, 0.717) is 0 Å². The van der Waals surface area contributed by atoms with Gasteiger partial charge in [-0.3, -0.25) is 4.99 Å². The van der Waals surface area contributed by atoms with E-state index in [9.17, 15) is 0 Å². The van der Waals surface area contributed by atoms with Crippen LogP contribution in [0, 0.1) is 0 Å². The number of hydrogen-bond acceptors (Lipinski definition) is 3. The third kappa shape index (κ3) is 1.67. The van der Waals surface area contributed by atoms with Gasteiger partial charge in [-0.1, -0.05) is 6.08 Å². The number of allylic oxidation sites excluding steroid dienone is 2. The highest BCUT2D eigenvalue weighted by atomic mass is 14.9. The number of nitrogens with zero attached hydrogens (tertiary/aromatic N) is 3. The van der Waals surface area contributed by atoms with Crippen LogP contribution in [0.4, 0.5) is 0 Å². The van der Waals surface area contributed by atoms with Crippen molar-refractivity contribution >= 4 is 17.8 Å². The molecule has 0 atom stereocenters. The maximum absolute atomic E-state index is 4.32. The van der Waals surface area contributed by atoms with E-state index in [4.69, 9.17) is 0 Å². The summed E-state index contributed by atoms with van der Waals surface area (Å²) in [6.07, 6.45) is 3.52. The maximum atomic E-state index is 4.32. The first-order valence-corrected chi connectivity index (χ1v) is 4.08. The van der Waals surface area contributed by atoms with Gasteiger partial charge in [-0.2, -0.15) is 0 Å². The molecule has 0 unspecified atom stereocenters. The Hall–Kier alpha value is -1.25. The molecule has 0 aromatic rings. The third-order valence-corrected chi connectivity index (χ3v) is 1.62. The van der Waals surface area contributed by atoms with Gasteiger partial charge in [0.05, 0.1) is 11.4 Å². The smallest absolute Gasteiger partial charge is 0.116 e. The van der Waals surface area contributed by atoms with Crippen molar-refractivity contribution in [2.45, 2.75) is 20.8 Å². The quantitative estimate of drug-likeness (QED) is 0.565. The lowest BCUT2D eigenvalue weighted by Crippen LogP contribution is -2.16. The van der Waals surface area contributed by atoms with Crippen molar-refractivity contribution in [2.24, 2.45) is 15.0 Å². The lowest BCUT2D eigenvalue weighted by atomic mass is 10.1. The molecule has 0 radical (unpaired) electrons. The average molecular weight is 163 g/mol. The molecule has 0 spiro atoms. The summed E-state index contributed by atoms with van der Waals surface area (Å²) in [4.78, 5) is 12.5. The second-order valence-corrected chi connectivity index (χ2v) is 2.46. The molecule has 0 bridgehead atoms. The van der Waals surface area contributed by atoms with Crippen molar-refractivity contribution in [3.8, 4) is 0 Å². The molecule has 0 aromatic heterocycles. The summed E-state index contributed by atoms with van der Waals surface area (Å²) in [6.45, 7) is 6.68. The Morgan fingerprint density at radius 3 is 2.92 bits per heavy atom. The van der Waals surface area contributed by atoms with Gasteiger partial charge < -0.3 is 0 Å². The highest BCUT2D eigenvalue weighted by Gasteiger charge is 2.10. The normalized spacial score (nSPS) is 23.4. The van der Waals surface area contributed by atoms with Crippen LogP contribution < -0.4 is 0 Å². The van der Waals surface area contributed by atoms with E-state index >= 15 is 0 Å². The minimum atomic E-state index is 0.773. The summed E-state index contributed by atoms with van der Waals surface area (Å²) < 4.78 is 0. The molecule has 0 saturated heterocycles. The molecule has 0 saturated carbocycles. The molecular weight excluding hydrogens is 150 g/mol. The first-order chi connectivity index (χ1) is 5.79. The molecule has 0 amide bonds. The van der Waals surface area contributed by atoms with Crippen molar-refractivity contribution < 1.29 is 0 Å². The van der Waals surface area contributed by atoms with Gasteiger partial charge >= 0.3 is 0 Å². The van der Waals surface area contributed by atoms with Crippen molar-refractivity contribution in [1.29, 1.82) is 0 Å². The molecule has 12 heavy (non-hydrogen) atoms. The van der Waals surface area contributed by atoms with E-state index in [1.807, 2.05) is 26.8 Å². The largest absolute Gasteiger partial charge is 0.281 e. The van der Waals surface area contributed by atoms with Crippen LogP contribution >= 0.6 is 0 Å². The molecule has 64 valence electrons. The van der Waals surface area contributed by atoms with Gasteiger partial charge in [0, 0.05) is 6.54 Å². The first kappa shape index (κ1) is 8.84. The van der Waals surface area contributed by atoms with Gasteiger partial charge in [-0.05, 0) is 20.8 Å². The second-order valence-electron chi connectivity index (χ2n) is 2.46. The molecule has 3 nitrogen and oxygen atoms in total. The molecular formula is C9H13N3. The van der Waals surface area contributed by atoms with E-state index in [1.54, 1.807) is 6.34 Å². The molecule has 1 aliphatic heterocycles. The van der Waals surface area contributed by atoms with E-state index in [1.165, 1.54) is 0 Å². The fourth-order valence-electron chi connectivity index (χ4n) is 1.05. The Morgan fingerprint density at radius 1 is 1.58 bits per heavy atom. The lowest BCUT2D eigenvalue weighted by Gasteiger charge is -2.08. The van der Waals surface area contributed by atoms with Gasteiger partial charge in [0.1, 0.15) is 12.1 Å². The highest BCUT2D eigenvalue weighted by Crippen LogP contribution is 2.06. The molecule has 0 N–H and O–H groups in total. The molecule has 0 fully saturated rings. The Kier molecular flexibility index (Phi) is 2.91. The highest BCUT2D eigenvalue weighted by molar-refractivity contribution is 6.49. The fourth-order valence-corrected chi connectivity index (χ4v) is 1.05. The summed E-state index contributed by atoms with van der Waals surface area (Å²) in [6, 6.07) is 0. The Bertz CT molecular complexity index is 282. The van der Waals surface area contributed by atoms with E-state index in [2.05, 4.69) is 15.0 Å². The predicted molar refractivity (Wildman–Crippen MR) is 53.3 cm³/mol. The minimum absolute atomic E-state index is 0.773. The zero-order valence-corrected chi connectivity index (χ0v) is 7.70. The average Bonchev–Trinajstić information content (AvgIpc) is 2.09. The van der Waals surface area contributed by atoms with Crippen LogP contribution in [0.3, 0.4) is 0 Å². The maximum Gasteiger partial charge on any atom is 0.116 e. The van der Waals surface area contributed by atoms with Gasteiger partial charge in [0.15, 0.2) is 0 Å². The summed E-state index contributed by atoms with van der Waals surface area (Å²) in [5.74, 6) is 0. The summed E-state index contributed by atoms with van der Waals surface area (Å²) >= 11 is 0. The monoisotopic (exact) mass is 163 g/mol. The summed E-state index contributed by atoms with van der Waals surface area (Å²) in [7, 11) is 0.